The zero-order valence-corrected chi connectivity index (χ0v) is 11.3. The normalized spacial score (nSPS) is 11.0. The first-order valence-electron chi connectivity index (χ1n) is 6.49. The Balaban J connectivity index is 2.08. The summed E-state index contributed by atoms with van der Waals surface area (Å²) in [5, 5.41) is 11.9. The Morgan fingerprint density at radius 2 is 1.52 bits per heavy atom. The number of carbonyl (C=O) groups excluding carboxylic acids is 1. The van der Waals surface area contributed by atoms with E-state index < -0.39 is 5.97 Å². The second kappa shape index (κ2) is 7.05. The van der Waals surface area contributed by atoms with Crippen molar-refractivity contribution in [3.63, 3.8) is 0 Å². The number of benzene rings is 2. The number of carboxylic acids is 1. The highest BCUT2D eigenvalue weighted by Gasteiger charge is 2.13. The van der Waals surface area contributed by atoms with Gasteiger partial charge in [-0.25, -0.2) is 4.79 Å². The third-order valence-corrected chi connectivity index (χ3v) is 2.82. The van der Waals surface area contributed by atoms with Crippen molar-refractivity contribution in [2.45, 2.75) is 6.42 Å². The topological polar surface area (TPSA) is 66.4 Å². The van der Waals surface area contributed by atoms with Gasteiger partial charge < -0.3 is 10.4 Å². The molecule has 0 aliphatic carbocycles. The number of nitrogens with one attached hydrogen (secondary N) is 1. The summed E-state index contributed by atoms with van der Waals surface area (Å²) in [5.74, 6) is -1.45. The summed E-state index contributed by atoms with van der Waals surface area (Å²) < 4.78 is 0. The molecule has 0 aliphatic rings. The lowest BCUT2D eigenvalue weighted by Crippen LogP contribution is -2.15. The third kappa shape index (κ3) is 4.62. The molecule has 4 heteroatoms. The van der Waals surface area contributed by atoms with Crippen LogP contribution >= 0.6 is 0 Å². The first kappa shape index (κ1) is 14.5. The van der Waals surface area contributed by atoms with E-state index in [9.17, 15) is 14.7 Å². The van der Waals surface area contributed by atoms with Gasteiger partial charge in [0.2, 0.25) is 5.91 Å². The molecule has 0 saturated carbocycles. The highest BCUT2D eigenvalue weighted by Crippen LogP contribution is 2.12. The first-order chi connectivity index (χ1) is 10.1. The Kier molecular flexibility index (Phi) is 4.88. The van der Waals surface area contributed by atoms with E-state index in [1.165, 1.54) is 6.08 Å². The molecule has 0 unspecified atom stereocenters. The van der Waals surface area contributed by atoms with Crippen molar-refractivity contribution in [2.24, 2.45) is 0 Å². The quantitative estimate of drug-likeness (QED) is 0.827. The van der Waals surface area contributed by atoms with E-state index in [1.807, 2.05) is 24.3 Å². The lowest BCUT2D eigenvalue weighted by Gasteiger charge is -2.06. The number of rotatable bonds is 5. The van der Waals surface area contributed by atoms with Crippen LogP contribution in [0, 0.1) is 0 Å². The maximum atomic E-state index is 11.9. The molecule has 0 saturated heterocycles. The Morgan fingerprint density at radius 3 is 2.10 bits per heavy atom. The van der Waals surface area contributed by atoms with Crippen LogP contribution in [-0.4, -0.2) is 17.0 Å². The monoisotopic (exact) mass is 281 g/mol. The zero-order chi connectivity index (χ0) is 15.1. The first-order valence-corrected chi connectivity index (χ1v) is 6.49. The number of carboxylic acid groups (broad SMARTS) is 1. The van der Waals surface area contributed by atoms with Crippen LogP contribution in [-0.2, 0) is 9.59 Å². The molecule has 0 aliphatic heterocycles. The maximum Gasteiger partial charge on any atom is 0.332 e. The average Bonchev–Trinajstić information content (AvgIpc) is 2.48. The molecule has 2 aromatic carbocycles. The zero-order valence-electron chi connectivity index (χ0n) is 11.3. The minimum atomic E-state index is -1.10. The molecule has 0 heterocycles. The van der Waals surface area contributed by atoms with E-state index >= 15 is 0 Å². The van der Waals surface area contributed by atoms with Crippen LogP contribution in [0.5, 0.6) is 0 Å². The van der Waals surface area contributed by atoms with E-state index in [1.54, 1.807) is 36.4 Å². The van der Waals surface area contributed by atoms with Gasteiger partial charge in [-0.3, -0.25) is 4.79 Å². The summed E-state index contributed by atoms with van der Waals surface area (Å²) in [6.45, 7) is 0. The highest BCUT2D eigenvalue weighted by molar-refractivity contribution is 6.02. The molecule has 0 bridgehead atoms. The summed E-state index contributed by atoms with van der Waals surface area (Å²) >= 11 is 0. The van der Waals surface area contributed by atoms with Gasteiger partial charge in [-0.1, -0.05) is 48.5 Å². The summed E-state index contributed by atoms with van der Waals surface area (Å²) in [6.07, 6.45) is 1.33. The van der Waals surface area contributed by atoms with E-state index in [-0.39, 0.29) is 17.9 Å². The number of amides is 1. The Hall–Kier alpha value is -2.88. The fraction of sp³-hybridized carbons (Fsp3) is 0.0588. The van der Waals surface area contributed by atoms with Crippen LogP contribution in [0.15, 0.2) is 66.2 Å². The van der Waals surface area contributed by atoms with Crippen LogP contribution in [0.2, 0.25) is 0 Å². The highest BCUT2D eigenvalue weighted by atomic mass is 16.4. The number of hydrogen-bond acceptors (Lipinski definition) is 2. The molecular formula is C17H15NO3. The molecule has 0 radical (unpaired) electrons. The minimum absolute atomic E-state index is 0.0506. The third-order valence-electron chi connectivity index (χ3n) is 2.82. The Labute approximate surface area is 122 Å². The molecule has 2 aromatic rings. The molecule has 0 atom stereocenters. The van der Waals surface area contributed by atoms with Gasteiger partial charge in [0.25, 0.3) is 0 Å². The molecule has 1 amide bonds. The van der Waals surface area contributed by atoms with E-state index in [4.69, 9.17) is 0 Å². The second-order valence-electron chi connectivity index (χ2n) is 4.48. The van der Waals surface area contributed by atoms with Gasteiger partial charge in [0.05, 0.1) is 6.42 Å². The lowest BCUT2D eigenvalue weighted by molar-refractivity contribution is -0.133. The maximum absolute atomic E-state index is 11.9. The van der Waals surface area contributed by atoms with Crippen molar-refractivity contribution in [2.75, 3.05) is 5.32 Å². The van der Waals surface area contributed by atoms with Gasteiger partial charge in [-0.05, 0) is 23.8 Å². The molecular weight excluding hydrogens is 266 g/mol. The van der Waals surface area contributed by atoms with Crippen molar-refractivity contribution < 1.29 is 14.7 Å². The van der Waals surface area contributed by atoms with Crippen molar-refractivity contribution in [1.82, 2.24) is 0 Å². The SMILES string of the molecule is O=C(C/C(=C/c1ccccc1)C(=O)O)Nc1ccccc1. The second-order valence-corrected chi connectivity index (χ2v) is 4.48. The summed E-state index contributed by atoms with van der Waals surface area (Å²) in [4.78, 5) is 23.1. The minimum Gasteiger partial charge on any atom is -0.478 e. The molecule has 2 N–H and O–H groups in total. The smallest absolute Gasteiger partial charge is 0.332 e. The predicted octanol–water partition coefficient (Wildman–Crippen LogP) is 3.18. The number of aliphatic carboxylic acids is 1. The number of anilines is 1. The van der Waals surface area contributed by atoms with Gasteiger partial charge >= 0.3 is 5.97 Å². The molecule has 21 heavy (non-hydrogen) atoms. The molecule has 106 valence electrons. The van der Waals surface area contributed by atoms with Gasteiger partial charge in [-0.15, -0.1) is 0 Å². The predicted molar refractivity (Wildman–Crippen MR) is 81.7 cm³/mol. The van der Waals surface area contributed by atoms with Crippen LogP contribution in [0.25, 0.3) is 6.08 Å². The molecule has 0 fully saturated rings. The summed E-state index contributed by atoms with van der Waals surface area (Å²) in [5.41, 5.74) is 1.45. The van der Waals surface area contributed by atoms with Gasteiger partial charge in [0.1, 0.15) is 0 Å². The van der Waals surface area contributed by atoms with E-state index in [0.717, 1.165) is 5.56 Å². The van der Waals surface area contributed by atoms with Gasteiger partial charge in [0, 0.05) is 11.3 Å². The fourth-order valence-electron chi connectivity index (χ4n) is 1.84. The number of carbonyl (C=O) groups is 2. The van der Waals surface area contributed by atoms with E-state index in [0.29, 0.717) is 5.69 Å². The van der Waals surface area contributed by atoms with Crippen LogP contribution < -0.4 is 5.32 Å². The standard InChI is InChI=1S/C17H15NO3/c19-16(18-15-9-5-2-6-10-15)12-14(17(20)21)11-13-7-3-1-4-8-13/h1-11H,12H2,(H,18,19)(H,20,21)/b14-11-. The average molecular weight is 281 g/mol. The molecule has 4 nitrogen and oxygen atoms in total. The summed E-state index contributed by atoms with van der Waals surface area (Å²) in [7, 11) is 0. The Bertz CT molecular complexity index is 648. The van der Waals surface area contributed by atoms with E-state index in [2.05, 4.69) is 5.32 Å². The lowest BCUT2D eigenvalue weighted by atomic mass is 10.1. The van der Waals surface area contributed by atoms with Gasteiger partial charge in [-0.2, -0.15) is 0 Å². The Morgan fingerprint density at radius 1 is 0.952 bits per heavy atom. The number of para-hydroxylation sites is 1. The van der Waals surface area contributed by atoms with Crippen LogP contribution in [0.1, 0.15) is 12.0 Å². The molecule has 0 spiro atoms. The van der Waals surface area contributed by atoms with Crippen LogP contribution in [0.4, 0.5) is 5.69 Å². The largest absolute Gasteiger partial charge is 0.478 e. The van der Waals surface area contributed by atoms with Crippen molar-refractivity contribution >= 4 is 23.6 Å². The van der Waals surface area contributed by atoms with Gasteiger partial charge in [0.15, 0.2) is 0 Å². The molecule has 0 aromatic heterocycles. The van der Waals surface area contributed by atoms with Crippen molar-refractivity contribution in [1.29, 1.82) is 0 Å². The van der Waals surface area contributed by atoms with Crippen molar-refractivity contribution in [3.8, 4) is 0 Å². The fourth-order valence-corrected chi connectivity index (χ4v) is 1.84. The number of hydrogen-bond donors (Lipinski definition) is 2. The van der Waals surface area contributed by atoms with Crippen LogP contribution in [0.3, 0.4) is 0 Å². The summed E-state index contributed by atoms with van der Waals surface area (Å²) in [6, 6.07) is 18.0. The molecule has 2 rings (SSSR count). The van der Waals surface area contributed by atoms with Crippen molar-refractivity contribution in [3.05, 3.63) is 71.8 Å².